The Kier molecular flexibility index (Phi) is 10.4. The molecule has 0 amide bonds. The summed E-state index contributed by atoms with van der Waals surface area (Å²) in [4.78, 5) is 13.8. The molecule has 0 radical (unpaired) electrons. The van der Waals surface area contributed by atoms with Crippen molar-refractivity contribution in [3.05, 3.63) is 286 Å². The lowest BCUT2D eigenvalue weighted by molar-refractivity contribution is 1.13. The molecule has 0 N–H and O–H groups in total. The number of rotatable bonds is 10. The third-order valence-corrected chi connectivity index (χ3v) is 15.1. The summed E-state index contributed by atoms with van der Waals surface area (Å²) in [5.41, 5.74) is 18.6. The van der Waals surface area contributed by atoms with Crippen LogP contribution in [0.2, 0.25) is 0 Å². The zero-order valence-corrected chi connectivity index (χ0v) is 41.8. The van der Waals surface area contributed by atoms with Gasteiger partial charge in [0, 0.05) is 108 Å². The van der Waals surface area contributed by atoms with Crippen molar-refractivity contribution in [3.8, 4) is 28.2 Å². The van der Waals surface area contributed by atoms with Crippen LogP contribution in [-0.2, 0) is 0 Å². The molecule has 0 aliphatic carbocycles. The Bertz CT molecular complexity index is 4220. The highest BCUT2D eigenvalue weighted by Crippen LogP contribution is 2.44. The smallest absolute Gasteiger partial charge is 0.0571 e. The Morgan fingerprint density at radius 1 is 0.234 bits per heavy atom. The molecule has 10 aromatic carbocycles. The van der Waals surface area contributed by atoms with E-state index in [1.807, 2.05) is 24.8 Å². The highest BCUT2D eigenvalue weighted by Gasteiger charge is 2.22. The fourth-order valence-electron chi connectivity index (χ4n) is 11.8. The maximum atomic E-state index is 4.57. The second kappa shape index (κ2) is 18.2. The lowest BCUT2D eigenvalue weighted by Gasteiger charge is -2.26. The molecule has 0 aliphatic rings. The van der Waals surface area contributed by atoms with Gasteiger partial charge in [0.1, 0.15) is 0 Å². The van der Waals surface area contributed by atoms with Gasteiger partial charge in [0.2, 0.25) is 0 Å². The number of anilines is 6. The van der Waals surface area contributed by atoms with Gasteiger partial charge in [-0.25, -0.2) is 0 Å². The Balaban J connectivity index is 0.930. The quantitative estimate of drug-likeness (QED) is 0.137. The molecule has 15 aromatic rings. The number of pyridine rings is 2. The van der Waals surface area contributed by atoms with Crippen LogP contribution in [0.1, 0.15) is 0 Å². The van der Waals surface area contributed by atoms with Crippen LogP contribution < -0.4 is 9.80 Å². The number of hydrogen-bond donors (Lipinski definition) is 0. The summed E-state index contributed by atoms with van der Waals surface area (Å²) in [6.45, 7) is 0. The second-order valence-electron chi connectivity index (χ2n) is 19.5. The zero-order valence-electron chi connectivity index (χ0n) is 41.8. The van der Waals surface area contributed by atoms with E-state index in [0.717, 1.165) is 117 Å². The molecule has 5 aromatic heterocycles. The fourth-order valence-corrected chi connectivity index (χ4v) is 11.8. The Hall–Kier alpha value is -10.5. The number of benzene rings is 10. The van der Waals surface area contributed by atoms with Gasteiger partial charge in [-0.15, -0.1) is 0 Å². The van der Waals surface area contributed by atoms with Crippen molar-refractivity contribution in [1.29, 1.82) is 0 Å². The van der Waals surface area contributed by atoms with Crippen LogP contribution in [0.4, 0.5) is 34.1 Å². The molecule has 7 heteroatoms. The Labute approximate surface area is 444 Å². The summed E-state index contributed by atoms with van der Waals surface area (Å²) in [7, 11) is 0. The van der Waals surface area contributed by atoms with Crippen LogP contribution >= 0.6 is 0 Å². The molecule has 5 heterocycles. The minimum Gasteiger partial charge on any atom is -0.310 e. The first-order valence-corrected chi connectivity index (χ1v) is 26.0. The first kappa shape index (κ1) is 44.0. The van der Waals surface area contributed by atoms with Crippen molar-refractivity contribution in [2.24, 2.45) is 0 Å². The Morgan fingerprint density at radius 3 is 1.03 bits per heavy atom. The van der Waals surface area contributed by atoms with Crippen LogP contribution in [0.25, 0.3) is 93.6 Å². The van der Waals surface area contributed by atoms with E-state index in [1.54, 1.807) is 0 Å². The molecule has 362 valence electrons. The fraction of sp³-hybridized carbons (Fsp3) is 0. The average molecular weight is 986 g/mol. The van der Waals surface area contributed by atoms with Gasteiger partial charge < -0.3 is 23.5 Å². The molecule has 15 rings (SSSR count). The number of fused-ring (bicyclic) bond motifs is 9. The summed E-state index contributed by atoms with van der Waals surface area (Å²) >= 11 is 0. The molecule has 0 unspecified atom stereocenters. The van der Waals surface area contributed by atoms with Crippen LogP contribution in [0.3, 0.4) is 0 Å². The van der Waals surface area contributed by atoms with Crippen molar-refractivity contribution in [2.75, 3.05) is 9.80 Å². The van der Waals surface area contributed by atoms with Crippen LogP contribution in [0.15, 0.2) is 286 Å². The first-order valence-electron chi connectivity index (χ1n) is 26.0. The van der Waals surface area contributed by atoms with Gasteiger partial charge >= 0.3 is 0 Å². The van der Waals surface area contributed by atoms with Crippen LogP contribution in [-0.4, -0.2) is 23.7 Å². The lowest BCUT2D eigenvalue weighted by Crippen LogP contribution is -2.09. The molecule has 77 heavy (non-hydrogen) atoms. The molecule has 0 spiro atoms. The molecule has 0 bridgehead atoms. The summed E-state index contributed by atoms with van der Waals surface area (Å²) < 4.78 is 7.20. The molecule has 0 saturated heterocycles. The van der Waals surface area contributed by atoms with Crippen LogP contribution in [0.5, 0.6) is 0 Å². The van der Waals surface area contributed by atoms with Gasteiger partial charge in [0.25, 0.3) is 0 Å². The van der Waals surface area contributed by atoms with E-state index in [2.05, 4.69) is 294 Å². The molecule has 0 atom stereocenters. The van der Waals surface area contributed by atoms with E-state index in [4.69, 9.17) is 0 Å². The molecule has 0 fully saturated rings. The van der Waals surface area contributed by atoms with Crippen LogP contribution in [0, 0.1) is 0 Å². The highest BCUT2D eigenvalue weighted by molar-refractivity contribution is 6.13. The number of aromatic nitrogens is 5. The van der Waals surface area contributed by atoms with Gasteiger partial charge in [-0.2, -0.15) is 0 Å². The predicted molar refractivity (Wildman–Crippen MR) is 320 cm³/mol. The summed E-state index contributed by atoms with van der Waals surface area (Å²) in [6, 6.07) is 94.0. The number of nitrogens with zero attached hydrogens (tertiary/aromatic N) is 7. The minimum atomic E-state index is 1.06. The van der Waals surface area contributed by atoms with Crippen molar-refractivity contribution in [3.63, 3.8) is 0 Å². The summed E-state index contributed by atoms with van der Waals surface area (Å²) in [5.74, 6) is 0. The maximum absolute atomic E-state index is 4.57. The topological polar surface area (TPSA) is 47.0 Å². The van der Waals surface area contributed by atoms with E-state index in [-0.39, 0.29) is 0 Å². The summed E-state index contributed by atoms with van der Waals surface area (Å²) in [6.07, 6.45) is 7.75. The zero-order chi connectivity index (χ0) is 50.8. The number of hydrogen-bond acceptors (Lipinski definition) is 4. The van der Waals surface area contributed by atoms with Crippen molar-refractivity contribution in [2.45, 2.75) is 0 Å². The van der Waals surface area contributed by atoms with Gasteiger partial charge in [-0.1, -0.05) is 121 Å². The molecular formula is C70H47N7. The van der Waals surface area contributed by atoms with E-state index in [1.165, 1.54) is 10.8 Å². The average Bonchev–Trinajstić information content (AvgIpc) is 4.16. The van der Waals surface area contributed by atoms with Gasteiger partial charge in [0.15, 0.2) is 0 Å². The van der Waals surface area contributed by atoms with Crippen molar-refractivity contribution >= 4 is 99.5 Å². The van der Waals surface area contributed by atoms with Crippen molar-refractivity contribution in [1.82, 2.24) is 23.7 Å². The molecular weight excluding hydrogens is 939 g/mol. The Morgan fingerprint density at radius 2 is 0.597 bits per heavy atom. The molecule has 0 aliphatic heterocycles. The van der Waals surface area contributed by atoms with E-state index < -0.39 is 0 Å². The van der Waals surface area contributed by atoms with Crippen molar-refractivity contribution < 1.29 is 0 Å². The van der Waals surface area contributed by atoms with E-state index >= 15 is 0 Å². The summed E-state index contributed by atoms with van der Waals surface area (Å²) in [5, 5.41) is 6.88. The third kappa shape index (κ3) is 7.35. The van der Waals surface area contributed by atoms with Gasteiger partial charge in [-0.05, 0) is 151 Å². The first-order chi connectivity index (χ1) is 38.2. The lowest BCUT2D eigenvalue weighted by atomic mass is 10.0. The highest BCUT2D eigenvalue weighted by atomic mass is 15.2. The standard InChI is InChI=1S/C70H47N7/c1-5-17-50(18-6-1)73(51-19-7-2-8-20-51)55-33-35-67-61(44-55)62-45-56(74(52-21-9-3-10-22-52)53-23-11-4-12-24-53)34-36-68(62)75(67)54-31-29-48(30-32-54)49-41-57(76-65-27-15-13-25-59(65)63-46-71-39-37-69(63)76)43-58(42-49)77-66-28-16-14-26-60(66)64-47-72-40-38-70(64)77/h1-47H. The monoisotopic (exact) mass is 985 g/mol. The largest absolute Gasteiger partial charge is 0.310 e. The maximum Gasteiger partial charge on any atom is 0.0571 e. The second-order valence-corrected chi connectivity index (χ2v) is 19.5. The van der Waals surface area contributed by atoms with E-state index in [0.29, 0.717) is 0 Å². The molecule has 0 saturated carbocycles. The van der Waals surface area contributed by atoms with Gasteiger partial charge in [0.05, 0.1) is 33.1 Å². The minimum absolute atomic E-state index is 1.06. The third-order valence-electron chi connectivity index (χ3n) is 15.1. The van der Waals surface area contributed by atoms with E-state index in [9.17, 15) is 0 Å². The SMILES string of the molecule is c1ccc(N(c2ccccc2)c2ccc3c(c2)c2cc(N(c4ccccc4)c4ccccc4)ccc2n3-c2ccc(-c3cc(-n4c5ccccc5c5cnccc54)cc(-n4c5ccccc5c5cnccc54)c3)cc2)cc1. The molecule has 7 nitrogen and oxygen atoms in total. The normalized spacial score (nSPS) is 11.6. The van der Waals surface area contributed by atoms with Gasteiger partial charge in [-0.3, -0.25) is 9.97 Å². The number of para-hydroxylation sites is 6. The predicted octanol–water partition coefficient (Wildman–Crippen LogP) is 18.4.